The molecule has 0 bridgehead atoms. The first kappa shape index (κ1) is 18.9. The van der Waals surface area contributed by atoms with Crippen LogP contribution in [0.25, 0.3) is 0 Å². The van der Waals surface area contributed by atoms with Crippen molar-refractivity contribution < 1.29 is 19.0 Å². The van der Waals surface area contributed by atoms with Gasteiger partial charge in [0.15, 0.2) is 0 Å². The molecule has 144 valence electrons. The van der Waals surface area contributed by atoms with Gasteiger partial charge in [0.1, 0.15) is 17.2 Å². The Morgan fingerprint density at radius 1 is 1.15 bits per heavy atom. The first-order valence-electron chi connectivity index (χ1n) is 9.06. The van der Waals surface area contributed by atoms with E-state index in [1.54, 1.807) is 6.07 Å². The number of nitrogens with one attached hydrogen (secondary N) is 1. The smallest absolute Gasteiger partial charge is 0.275 e. The zero-order valence-electron chi connectivity index (χ0n) is 15.6. The van der Waals surface area contributed by atoms with E-state index >= 15 is 0 Å². The molecule has 0 unspecified atom stereocenters. The lowest BCUT2D eigenvalue weighted by Gasteiger charge is -2.31. The van der Waals surface area contributed by atoms with Gasteiger partial charge in [-0.05, 0) is 13.8 Å². The number of morpholine rings is 1. The van der Waals surface area contributed by atoms with Gasteiger partial charge in [0.2, 0.25) is 0 Å². The van der Waals surface area contributed by atoms with Crippen LogP contribution in [0.15, 0.2) is 30.7 Å². The predicted molar refractivity (Wildman–Crippen MR) is 102 cm³/mol. The van der Waals surface area contributed by atoms with E-state index in [-0.39, 0.29) is 11.6 Å². The molecule has 8 nitrogen and oxygen atoms in total. The quantitative estimate of drug-likeness (QED) is 0.798. The first-order valence-corrected chi connectivity index (χ1v) is 9.06. The second-order valence-electron chi connectivity index (χ2n) is 5.83. The average Bonchev–Trinajstić information content (AvgIpc) is 2.71. The highest BCUT2D eigenvalue weighted by Gasteiger charge is 2.21. The minimum Gasteiger partial charge on any atom is -0.492 e. The Bertz CT molecular complexity index is 764. The molecule has 0 aliphatic carbocycles. The van der Waals surface area contributed by atoms with Crippen LogP contribution in [0.3, 0.4) is 0 Å². The Balaban J connectivity index is 1.94. The number of benzene rings is 1. The van der Waals surface area contributed by atoms with Crippen LogP contribution in [0.1, 0.15) is 24.3 Å². The lowest BCUT2D eigenvalue weighted by Crippen LogP contribution is -2.36. The lowest BCUT2D eigenvalue weighted by atomic mass is 10.2. The minimum absolute atomic E-state index is 0.232. The van der Waals surface area contributed by atoms with Crippen LogP contribution in [0.4, 0.5) is 11.4 Å². The molecule has 2 aromatic rings. The van der Waals surface area contributed by atoms with E-state index in [0.29, 0.717) is 43.6 Å². The standard InChI is InChI=1S/C19H24N4O4/c1-3-26-17-12-16(23-7-9-25-10-8-23)18(27-4-2)11-14(17)22-19(24)15-13-20-5-6-21-15/h5-6,11-13H,3-4,7-10H2,1-2H3,(H,22,24). The van der Waals surface area contributed by atoms with E-state index < -0.39 is 0 Å². The van der Waals surface area contributed by atoms with Crippen molar-refractivity contribution >= 4 is 17.3 Å². The van der Waals surface area contributed by atoms with Crippen molar-refractivity contribution in [1.29, 1.82) is 0 Å². The Morgan fingerprint density at radius 3 is 2.56 bits per heavy atom. The summed E-state index contributed by atoms with van der Waals surface area (Å²) in [5, 5.41) is 2.85. The number of carbonyl (C=O) groups excluding carboxylic acids is 1. The van der Waals surface area contributed by atoms with Crippen LogP contribution in [-0.2, 0) is 4.74 Å². The van der Waals surface area contributed by atoms with Gasteiger partial charge in [-0.25, -0.2) is 4.98 Å². The fraction of sp³-hybridized carbons (Fsp3) is 0.421. The van der Waals surface area contributed by atoms with E-state index in [1.807, 2.05) is 19.9 Å². The third-order valence-electron chi connectivity index (χ3n) is 4.06. The summed E-state index contributed by atoms with van der Waals surface area (Å²) in [6, 6.07) is 3.71. The molecule has 0 saturated carbocycles. The number of hydrogen-bond donors (Lipinski definition) is 1. The van der Waals surface area contributed by atoms with Crippen LogP contribution in [0.2, 0.25) is 0 Å². The van der Waals surface area contributed by atoms with Gasteiger partial charge in [0, 0.05) is 37.6 Å². The number of ether oxygens (including phenoxy) is 3. The summed E-state index contributed by atoms with van der Waals surface area (Å²) in [6.07, 6.45) is 4.42. The number of hydrogen-bond acceptors (Lipinski definition) is 7. The molecule has 1 N–H and O–H groups in total. The molecule has 1 aromatic carbocycles. The van der Waals surface area contributed by atoms with E-state index in [2.05, 4.69) is 20.2 Å². The van der Waals surface area contributed by atoms with Crippen molar-refractivity contribution in [3.05, 3.63) is 36.4 Å². The van der Waals surface area contributed by atoms with Gasteiger partial charge in [-0.3, -0.25) is 9.78 Å². The van der Waals surface area contributed by atoms with Crippen LogP contribution in [0.5, 0.6) is 11.5 Å². The summed E-state index contributed by atoms with van der Waals surface area (Å²) in [4.78, 5) is 22.7. The van der Waals surface area contributed by atoms with Crippen molar-refractivity contribution in [2.45, 2.75) is 13.8 Å². The van der Waals surface area contributed by atoms with Gasteiger partial charge in [-0.15, -0.1) is 0 Å². The molecule has 27 heavy (non-hydrogen) atoms. The van der Waals surface area contributed by atoms with E-state index in [9.17, 15) is 4.79 Å². The third-order valence-corrected chi connectivity index (χ3v) is 4.06. The van der Waals surface area contributed by atoms with Crippen molar-refractivity contribution in [2.24, 2.45) is 0 Å². The zero-order chi connectivity index (χ0) is 19.1. The maximum atomic E-state index is 12.5. The molecule has 1 aliphatic heterocycles. The van der Waals surface area contributed by atoms with Crippen molar-refractivity contribution in [3.8, 4) is 11.5 Å². The Labute approximate surface area is 158 Å². The Morgan fingerprint density at radius 2 is 1.89 bits per heavy atom. The number of carbonyl (C=O) groups is 1. The predicted octanol–water partition coefficient (Wildman–Crippen LogP) is 2.36. The number of aromatic nitrogens is 2. The van der Waals surface area contributed by atoms with Crippen LogP contribution in [0, 0.1) is 0 Å². The molecule has 1 aliphatic rings. The minimum atomic E-state index is -0.356. The summed E-state index contributed by atoms with van der Waals surface area (Å²) in [6.45, 7) is 7.71. The summed E-state index contributed by atoms with van der Waals surface area (Å²) in [5.74, 6) is 0.919. The van der Waals surface area contributed by atoms with Gasteiger partial charge < -0.3 is 24.4 Å². The fourth-order valence-corrected chi connectivity index (χ4v) is 2.85. The fourth-order valence-electron chi connectivity index (χ4n) is 2.85. The SMILES string of the molecule is CCOc1cc(N2CCOCC2)c(OCC)cc1NC(=O)c1cnccn1. The molecule has 1 saturated heterocycles. The van der Waals surface area contributed by atoms with Crippen LogP contribution in [-0.4, -0.2) is 55.4 Å². The number of rotatable bonds is 7. The first-order chi connectivity index (χ1) is 13.2. The maximum Gasteiger partial charge on any atom is 0.275 e. The van der Waals surface area contributed by atoms with Crippen molar-refractivity contribution in [2.75, 3.05) is 49.7 Å². The summed E-state index contributed by atoms with van der Waals surface area (Å²) in [5.41, 5.74) is 1.70. The second-order valence-corrected chi connectivity index (χ2v) is 5.83. The van der Waals surface area contributed by atoms with E-state index in [4.69, 9.17) is 14.2 Å². The molecule has 0 radical (unpaired) electrons. The molecule has 1 amide bonds. The van der Waals surface area contributed by atoms with Gasteiger partial charge in [0.05, 0.1) is 44.0 Å². The highest BCUT2D eigenvalue weighted by atomic mass is 16.5. The molecule has 1 aromatic heterocycles. The zero-order valence-corrected chi connectivity index (χ0v) is 15.6. The molecular formula is C19H24N4O4. The summed E-state index contributed by atoms with van der Waals surface area (Å²) < 4.78 is 17.0. The average molecular weight is 372 g/mol. The molecule has 2 heterocycles. The summed E-state index contributed by atoms with van der Waals surface area (Å²) >= 11 is 0. The summed E-state index contributed by atoms with van der Waals surface area (Å²) in [7, 11) is 0. The van der Waals surface area contributed by atoms with Crippen molar-refractivity contribution in [3.63, 3.8) is 0 Å². The normalized spacial score (nSPS) is 13.9. The maximum absolute atomic E-state index is 12.5. The largest absolute Gasteiger partial charge is 0.492 e. The molecular weight excluding hydrogens is 348 g/mol. The molecule has 8 heteroatoms. The topological polar surface area (TPSA) is 85.8 Å². The number of nitrogens with zero attached hydrogens (tertiary/aromatic N) is 3. The highest BCUT2D eigenvalue weighted by Crippen LogP contribution is 2.39. The number of anilines is 2. The molecule has 1 fully saturated rings. The molecule has 3 rings (SSSR count). The van der Waals surface area contributed by atoms with Crippen molar-refractivity contribution in [1.82, 2.24) is 9.97 Å². The third kappa shape index (κ3) is 4.65. The lowest BCUT2D eigenvalue weighted by molar-refractivity contribution is 0.102. The number of amides is 1. The van der Waals surface area contributed by atoms with Crippen LogP contribution < -0.4 is 19.7 Å². The van der Waals surface area contributed by atoms with Gasteiger partial charge in [-0.2, -0.15) is 0 Å². The van der Waals surface area contributed by atoms with Gasteiger partial charge in [0.25, 0.3) is 5.91 Å². The van der Waals surface area contributed by atoms with Gasteiger partial charge >= 0.3 is 0 Å². The van der Waals surface area contributed by atoms with Crippen LogP contribution >= 0.6 is 0 Å². The molecule has 0 spiro atoms. The van der Waals surface area contributed by atoms with E-state index in [1.165, 1.54) is 18.6 Å². The monoisotopic (exact) mass is 372 g/mol. The second kappa shape index (κ2) is 9.18. The Kier molecular flexibility index (Phi) is 6.43. The van der Waals surface area contributed by atoms with Gasteiger partial charge in [-0.1, -0.05) is 0 Å². The van der Waals surface area contributed by atoms with E-state index in [0.717, 1.165) is 18.8 Å². The highest BCUT2D eigenvalue weighted by molar-refractivity contribution is 6.03. The molecule has 0 atom stereocenters. The Hall–Kier alpha value is -2.87.